The molecule has 3 aromatic rings. The molecule has 0 atom stereocenters. The number of aromatic nitrogens is 4. The van der Waals surface area contributed by atoms with Crippen LogP contribution in [-0.4, -0.2) is 19.3 Å². The quantitative estimate of drug-likeness (QED) is 0.726. The lowest BCUT2D eigenvalue weighted by Crippen LogP contribution is -2.21. The van der Waals surface area contributed by atoms with Crippen LogP contribution >= 0.6 is 11.6 Å². The van der Waals surface area contributed by atoms with Gasteiger partial charge in [0.2, 0.25) is 0 Å². The molecule has 1 aromatic carbocycles. The summed E-state index contributed by atoms with van der Waals surface area (Å²) in [6, 6.07) is 5.22. The molecule has 0 unspecified atom stereocenters. The Labute approximate surface area is 120 Å². The zero-order chi connectivity index (χ0) is 14.3. The van der Waals surface area contributed by atoms with E-state index < -0.39 is 0 Å². The highest BCUT2D eigenvalue weighted by atomic mass is 35.5. The molecule has 0 saturated heterocycles. The molecule has 20 heavy (non-hydrogen) atoms. The number of hydrogen-bond donors (Lipinski definition) is 0. The first-order chi connectivity index (χ1) is 9.58. The predicted molar refractivity (Wildman–Crippen MR) is 78.1 cm³/mol. The Balaban J connectivity index is 2.12. The van der Waals surface area contributed by atoms with E-state index in [0.717, 1.165) is 11.3 Å². The molecule has 0 N–H and O–H groups in total. The summed E-state index contributed by atoms with van der Waals surface area (Å²) >= 11 is 6.05. The molecule has 0 spiro atoms. The molecule has 0 radical (unpaired) electrons. The zero-order valence-electron chi connectivity index (χ0n) is 11.2. The third kappa shape index (κ3) is 2.00. The third-order valence-corrected chi connectivity index (χ3v) is 3.79. The Hall–Kier alpha value is -2.14. The van der Waals surface area contributed by atoms with Gasteiger partial charge in [-0.05, 0) is 19.1 Å². The molecule has 3 rings (SSSR count). The lowest BCUT2D eigenvalue weighted by atomic mass is 10.2. The first-order valence-electron chi connectivity index (χ1n) is 6.19. The Morgan fingerprint density at radius 2 is 2.15 bits per heavy atom. The van der Waals surface area contributed by atoms with Crippen molar-refractivity contribution in [2.24, 2.45) is 7.05 Å². The fraction of sp³-hybridized carbons (Fsp3) is 0.214. The van der Waals surface area contributed by atoms with Gasteiger partial charge in [0.15, 0.2) is 0 Å². The van der Waals surface area contributed by atoms with Gasteiger partial charge in [0.1, 0.15) is 0 Å². The monoisotopic (exact) mass is 288 g/mol. The predicted octanol–water partition coefficient (Wildman–Crippen LogP) is 2.14. The van der Waals surface area contributed by atoms with Gasteiger partial charge in [0.25, 0.3) is 5.56 Å². The van der Waals surface area contributed by atoms with Crippen LogP contribution in [0.4, 0.5) is 0 Å². The molecule has 0 fully saturated rings. The number of hydrogen-bond acceptors (Lipinski definition) is 3. The van der Waals surface area contributed by atoms with Gasteiger partial charge >= 0.3 is 0 Å². The van der Waals surface area contributed by atoms with E-state index in [1.807, 2.05) is 14.0 Å². The zero-order valence-corrected chi connectivity index (χ0v) is 11.9. The minimum atomic E-state index is -0.0965. The lowest BCUT2D eigenvalue weighted by molar-refractivity contribution is 0.721. The smallest absolute Gasteiger partial charge is 0.261 e. The number of aryl methyl sites for hydroxylation is 1. The van der Waals surface area contributed by atoms with Crippen LogP contribution in [0.15, 0.2) is 35.5 Å². The van der Waals surface area contributed by atoms with Crippen LogP contribution in [0.3, 0.4) is 0 Å². The summed E-state index contributed by atoms with van der Waals surface area (Å²) in [6.45, 7) is 2.42. The van der Waals surface area contributed by atoms with Crippen molar-refractivity contribution in [2.75, 3.05) is 0 Å². The van der Waals surface area contributed by atoms with E-state index >= 15 is 0 Å². The van der Waals surface area contributed by atoms with Crippen molar-refractivity contribution in [1.82, 2.24) is 19.3 Å². The molecule has 5 nitrogen and oxygen atoms in total. The summed E-state index contributed by atoms with van der Waals surface area (Å²) in [4.78, 5) is 16.7. The van der Waals surface area contributed by atoms with Crippen molar-refractivity contribution in [1.29, 1.82) is 0 Å². The van der Waals surface area contributed by atoms with E-state index in [9.17, 15) is 4.79 Å². The fourth-order valence-corrected chi connectivity index (χ4v) is 2.37. The Kier molecular flexibility index (Phi) is 3.06. The van der Waals surface area contributed by atoms with E-state index in [0.29, 0.717) is 22.5 Å². The highest BCUT2D eigenvalue weighted by Gasteiger charge is 2.09. The van der Waals surface area contributed by atoms with Gasteiger partial charge < -0.3 is 0 Å². The Morgan fingerprint density at radius 3 is 2.85 bits per heavy atom. The molecule has 0 aliphatic carbocycles. The SMILES string of the molecule is Cc1c(Cn2cnc3c(Cl)cccc3c2=O)cnn1C. The normalized spacial score (nSPS) is 11.2. The summed E-state index contributed by atoms with van der Waals surface area (Å²) in [5.41, 5.74) is 2.47. The second-order valence-electron chi connectivity index (χ2n) is 4.69. The van der Waals surface area contributed by atoms with Crippen LogP contribution in [0.5, 0.6) is 0 Å². The van der Waals surface area contributed by atoms with E-state index in [2.05, 4.69) is 10.1 Å². The maximum Gasteiger partial charge on any atom is 0.261 e. The first kappa shape index (κ1) is 12.9. The van der Waals surface area contributed by atoms with Crippen LogP contribution in [0.2, 0.25) is 5.02 Å². The van der Waals surface area contributed by atoms with Gasteiger partial charge in [-0.25, -0.2) is 4.98 Å². The second kappa shape index (κ2) is 4.76. The first-order valence-corrected chi connectivity index (χ1v) is 6.57. The lowest BCUT2D eigenvalue weighted by Gasteiger charge is -2.07. The maximum absolute atomic E-state index is 12.4. The summed E-state index contributed by atoms with van der Waals surface area (Å²) in [6.07, 6.45) is 3.30. The summed E-state index contributed by atoms with van der Waals surface area (Å²) in [5.74, 6) is 0. The van der Waals surface area contributed by atoms with E-state index in [-0.39, 0.29) is 5.56 Å². The van der Waals surface area contributed by atoms with Gasteiger partial charge in [-0.3, -0.25) is 14.0 Å². The van der Waals surface area contributed by atoms with Crippen LogP contribution in [0.1, 0.15) is 11.3 Å². The average Bonchev–Trinajstić information content (AvgIpc) is 2.75. The van der Waals surface area contributed by atoms with Crippen LogP contribution in [0.25, 0.3) is 10.9 Å². The number of rotatable bonds is 2. The highest BCUT2D eigenvalue weighted by Crippen LogP contribution is 2.18. The van der Waals surface area contributed by atoms with Gasteiger partial charge in [-0.1, -0.05) is 17.7 Å². The van der Waals surface area contributed by atoms with Crippen molar-refractivity contribution in [2.45, 2.75) is 13.5 Å². The summed E-state index contributed by atoms with van der Waals surface area (Å²) in [5, 5.41) is 5.20. The summed E-state index contributed by atoms with van der Waals surface area (Å²) in [7, 11) is 1.88. The standard InChI is InChI=1S/C14H13ClN4O/c1-9-10(6-17-18(9)2)7-19-8-16-13-11(14(19)20)4-3-5-12(13)15/h3-6,8H,7H2,1-2H3. The van der Waals surface area contributed by atoms with Gasteiger partial charge in [-0.2, -0.15) is 5.10 Å². The molecule has 0 amide bonds. The molecule has 0 saturated carbocycles. The van der Waals surface area contributed by atoms with Crippen LogP contribution in [0, 0.1) is 6.92 Å². The van der Waals surface area contributed by atoms with E-state index in [1.54, 1.807) is 33.6 Å². The third-order valence-electron chi connectivity index (χ3n) is 3.48. The molecular formula is C14H13ClN4O. The molecule has 0 bridgehead atoms. The molecule has 6 heteroatoms. The van der Waals surface area contributed by atoms with Gasteiger partial charge in [0.05, 0.1) is 35.0 Å². The van der Waals surface area contributed by atoms with Crippen molar-refractivity contribution in [3.63, 3.8) is 0 Å². The van der Waals surface area contributed by atoms with Crippen LogP contribution in [-0.2, 0) is 13.6 Å². The molecule has 0 aliphatic rings. The van der Waals surface area contributed by atoms with Crippen molar-refractivity contribution in [3.05, 3.63) is 57.4 Å². The van der Waals surface area contributed by atoms with Crippen molar-refractivity contribution in [3.8, 4) is 0 Å². The fourth-order valence-electron chi connectivity index (χ4n) is 2.15. The largest absolute Gasteiger partial charge is 0.294 e. The molecular weight excluding hydrogens is 276 g/mol. The molecule has 102 valence electrons. The number of nitrogens with zero attached hydrogens (tertiary/aromatic N) is 4. The Morgan fingerprint density at radius 1 is 1.35 bits per heavy atom. The summed E-state index contributed by atoms with van der Waals surface area (Å²) < 4.78 is 3.36. The number of fused-ring (bicyclic) bond motifs is 1. The minimum absolute atomic E-state index is 0.0965. The second-order valence-corrected chi connectivity index (χ2v) is 5.10. The Bertz CT molecular complexity index is 850. The van der Waals surface area contributed by atoms with Crippen molar-refractivity contribution >= 4 is 22.5 Å². The minimum Gasteiger partial charge on any atom is -0.294 e. The van der Waals surface area contributed by atoms with Gasteiger partial charge in [0, 0.05) is 18.3 Å². The maximum atomic E-state index is 12.4. The van der Waals surface area contributed by atoms with Crippen LogP contribution < -0.4 is 5.56 Å². The van der Waals surface area contributed by atoms with Crippen molar-refractivity contribution < 1.29 is 0 Å². The van der Waals surface area contributed by atoms with E-state index in [4.69, 9.17) is 11.6 Å². The van der Waals surface area contributed by atoms with E-state index in [1.165, 1.54) is 6.33 Å². The molecule has 2 aromatic heterocycles. The number of para-hydroxylation sites is 1. The average molecular weight is 289 g/mol. The number of halogens is 1. The molecule has 2 heterocycles. The topological polar surface area (TPSA) is 52.7 Å². The number of benzene rings is 1. The highest BCUT2D eigenvalue weighted by molar-refractivity contribution is 6.34. The van der Waals surface area contributed by atoms with Gasteiger partial charge in [-0.15, -0.1) is 0 Å². The molecule has 0 aliphatic heterocycles.